The summed E-state index contributed by atoms with van der Waals surface area (Å²) in [4.78, 5) is 34.3. The van der Waals surface area contributed by atoms with E-state index in [1.165, 1.54) is 30.8 Å². The van der Waals surface area contributed by atoms with E-state index >= 15 is 0 Å². The first kappa shape index (κ1) is 23.4. The molecule has 0 saturated carbocycles. The molecule has 0 fully saturated rings. The molecule has 150 valence electrons. The standard InChI is InChI=1S/C17H20F3NO4S2/c1-10(7-27-11(2)22)15(23)21-14(16(24)25)9-26-8-12-3-5-13(6-4-12)17(18,19)20/h3-6,10,14H,7-9H2,1-2H3,(H,21,23)(H,24,25)/t10?,14-/m0/s1. The fourth-order valence-corrected chi connectivity index (χ4v) is 3.53. The zero-order valence-corrected chi connectivity index (χ0v) is 16.3. The van der Waals surface area contributed by atoms with Gasteiger partial charge in [-0.1, -0.05) is 30.8 Å². The molecule has 1 amide bonds. The molecule has 1 unspecified atom stereocenters. The van der Waals surface area contributed by atoms with Crippen molar-refractivity contribution in [3.05, 3.63) is 35.4 Å². The van der Waals surface area contributed by atoms with Crippen LogP contribution < -0.4 is 5.32 Å². The number of amides is 1. The van der Waals surface area contributed by atoms with Gasteiger partial charge in [-0.2, -0.15) is 24.9 Å². The first-order chi connectivity index (χ1) is 12.5. The molecule has 0 spiro atoms. The summed E-state index contributed by atoms with van der Waals surface area (Å²) in [6.45, 7) is 2.98. The van der Waals surface area contributed by atoms with Crippen LogP contribution in [0, 0.1) is 5.92 Å². The maximum Gasteiger partial charge on any atom is 0.416 e. The predicted octanol–water partition coefficient (Wildman–Crippen LogP) is 3.42. The summed E-state index contributed by atoms with van der Waals surface area (Å²) in [5.74, 6) is -1.56. The van der Waals surface area contributed by atoms with Gasteiger partial charge in [-0.3, -0.25) is 9.59 Å². The zero-order valence-electron chi connectivity index (χ0n) is 14.7. The predicted molar refractivity (Wildman–Crippen MR) is 99.5 cm³/mol. The van der Waals surface area contributed by atoms with E-state index in [1.807, 2.05) is 0 Å². The summed E-state index contributed by atoms with van der Waals surface area (Å²) < 4.78 is 37.6. The van der Waals surface area contributed by atoms with Crippen LogP contribution in [-0.2, 0) is 26.3 Å². The Morgan fingerprint density at radius 2 is 1.74 bits per heavy atom. The Bertz CT molecular complexity index is 665. The Kier molecular flexibility index (Phi) is 9.17. The normalized spacial score (nSPS) is 13.7. The van der Waals surface area contributed by atoms with Crippen LogP contribution in [0.3, 0.4) is 0 Å². The fraction of sp³-hybridized carbons (Fsp3) is 0.471. The number of hydrogen-bond acceptors (Lipinski definition) is 5. The number of alkyl halides is 3. The van der Waals surface area contributed by atoms with E-state index in [0.717, 1.165) is 23.9 Å². The number of thioether (sulfide) groups is 2. The van der Waals surface area contributed by atoms with Gasteiger partial charge >= 0.3 is 12.1 Å². The molecule has 1 aromatic rings. The third kappa shape index (κ3) is 8.70. The highest BCUT2D eigenvalue weighted by Gasteiger charge is 2.30. The Hall–Kier alpha value is -1.68. The molecule has 0 bridgehead atoms. The van der Waals surface area contributed by atoms with Gasteiger partial charge in [0.1, 0.15) is 6.04 Å². The van der Waals surface area contributed by atoms with Crippen molar-refractivity contribution in [2.24, 2.45) is 5.92 Å². The highest BCUT2D eigenvalue weighted by atomic mass is 32.2. The van der Waals surface area contributed by atoms with Crippen molar-refractivity contribution in [2.45, 2.75) is 31.8 Å². The largest absolute Gasteiger partial charge is 0.480 e. The Labute approximate surface area is 163 Å². The van der Waals surface area contributed by atoms with Crippen LogP contribution in [0.15, 0.2) is 24.3 Å². The number of carboxylic acid groups (broad SMARTS) is 1. The van der Waals surface area contributed by atoms with Crippen LogP contribution in [0.5, 0.6) is 0 Å². The van der Waals surface area contributed by atoms with Crippen LogP contribution in [0.4, 0.5) is 13.2 Å². The van der Waals surface area contributed by atoms with Gasteiger partial charge in [-0.15, -0.1) is 0 Å². The molecule has 0 aliphatic carbocycles. The van der Waals surface area contributed by atoms with E-state index < -0.39 is 35.6 Å². The third-order valence-electron chi connectivity index (χ3n) is 3.43. The van der Waals surface area contributed by atoms with E-state index in [2.05, 4.69) is 5.32 Å². The first-order valence-electron chi connectivity index (χ1n) is 7.91. The third-order valence-corrected chi connectivity index (χ3v) is 5.61. The molecule has 2 atom stereocenters. The highest BCUT2D eigenvalue weighted by Crippen LogP contribution is 2.29. The lowest BCUT2D eigenvalue weighted by atomic mass is 10.1. The van der Waals surface area contributed by atoms with E-state index in [9.17, 15) is 32.7 Å². The average Bonchev–Trinajstić information content (AvgIpc) is 2.58. The van der Waals surface area contributed by atoms with Crippen LogP contribution >= 0.6 is 23.5 Å². The summed E-state index contributed by atoms with van der Waals surface area (Å²) >= 11 is 2.18. The number of halogens is 3. The summed E-state index contributed by atoms with van der Waals surface area (Å²) in [5, 5.41) is 11.5. The van der Waals surface area contributed by atoms with E-state index in [-0.39, 0.29) is 16.6 Å². The second-order valence-corrected chi connectivity index (χ2v) is 8.04. The lowest BCUT2D eigenvalue weighted by molar-refractivity contribution is -0.141. The van der Waals surface area contributed by atoms with Gasteiger partial charge in [0.05, 0.1) is 5.56 Å². The number of carbonyl (C=O) groups is 3. The van der Waals surface area contributed by atoms with Crippen molar-refractivity contribution in [2.75, 3.05) is 11.5 Å². The molecular weight excluding hydrogens is 403 g/mol. The van der Waals surface area contributed by atoms with Crippen LogP contribution in [0.2, 0.25) is 0 Å². The second-order valence-electron chi connectivity index (χ2n) is 5.81. The minimum absolute atomic E-state index is 0.0642. The van der Waals surface area contributed by atoms with Gasteiger partial charge in [0.25, 0.3) is 0 Å². The van der Waals surface area contributed by atoms with Gasteiger partial charge < -0.3 is 10.4 Å². The number of hydrogen-bond donors (Lipinski definition) is 2. The number of nitrogens with one attached hydrogen (secondary N) is 1. The minimum Gasteiger partial charge on any atom is -0.480 e. The molecule has 0 aliphatic heterocycles. The quantitative estimate of drug-likeness (QED) is 0.633. The van der Waals surface area contributed by atoms with E-state index in [4.69, 9.17) is 0 Å². The van der Waals surface area contributed by atoms with Crippen molar-refractivity contribution < 1.29 is 32.7 Å². The average molecular weight is 423 g/mol. The topological polar surface area (TPSA) is 83.5 Å². The first-order valence-corrected chi connectivity index (χ1v) is 10.0. The molecule has 0 heterocycles. The maximum absolute atomic E-state index is 12.5. The van der Waals surface area contributed by atoms with Crippen molar-refractivity contribution in [3.8, 4) is 0 Å². The summed E-state index contributed by atoms with van der Waals surface area (Å²) in [7, 11) is 0. The summed E-state index contributed by atoms with van der Waals surface area (Å²) in [6.07, 6.45) is -4.40. The molecule has 0 radical (unpaired) electrons. The molecule has 10 heteroatoms. The molecule has 1 rings (SSSR count). The number of carboxylic acids is 1. The lowest BCUT2D eigenvalue weighted by Gasteiger charge is -2.17. The van der Waals surface area contributed by atoms with Crippen LogP contribution in [0.1, 0.15) is 25.0 Å². The number of aliphatic carboxylic acids is 1. The SMILES string of the molecule is CC(=O)SCC(C)C(=O)N[C@@H](CSCc1ccc(C(F)(F)F)cc1)C(=O)O. The van der Waals surface area contributed by atoms with Gasteiger partial charge in [0.2, 0.25) is 5.91 Å². The smallest absolute Gasteiger partial charge is 0.416 e. The molecule has 5 nitrogen and oxygen atoms in total. The van der Waals surface area contributed by atoms with Crippen molar-refractivity contribution in [1.29, 1.82) is 0 Å². The molecule has 0 saturated heterocycles. The molecule has 2 N–H and O–H groups in total. The Morgan fingerprint density at radius 3 is 2.22 bits per heavy atom. The lowest BCUT2D eigenvalue weighted by Crippen LogP contribution is -2.45. The molecular formula is C17H20F3NO4S2. The number of carbonyl (C=O) groups excluding carboxylic acids is 2. The molecule has 0 aliphatic rings. The second kappa shape index (κ2) is 10.6. The van der Waals surface area contributed by atoms with E-state index in [0.29, 0.717) is 11.3 Å². The van der Waals surface area contributed by atoms with Gasteiger partial charge in [0.15, 0.2) is 5.12 Å². The zero-order chi connectivity index (χ0) is 20.6. The number of rotatable bonds is 9. The van der Waals surface area contributed by atoms with Gasteiger partial charge in [0, 0.05) is 30.1 Å². The van der Waals surface area contributed by atoms with Gasteiger partial charge in [-0.25, -0.2) is 4.79 Å². The summed E-state index contributed by atoms with van der Waals surface area (Å²) in [5.41, 5.74) is -0.126. The summed E-state index contributed by atoms with van der Waals surface area (Å²) in [6, 6.07) is 3.50. The Morgan fingerprint density at radius 1 is 1.15 bits per heavy atom. The molecule has 27 heavy (non-hydrogen) atoms. The molecule has 0 aromatic heterocycles. The minimum atomic E-state index is -4.40. The highest BCUT2D eigenvalue weighted by molar-refractivity contribution is 8.13. The Balaban J connectivity index is 2.52. The fourth-order valence-electron chi connectivity index (χ4n) is 1.89. The monoisotopic (exact) mass is 423 g/mol. The van der Waals surface area contributed by atoms with Crippen LogP contribution in [0.25, 0.3) is 0 Å². The molecule has 1 aromatic carbocycles. The van der Waals surface area contributed by atoms with Crippen molar-refractivity contribution in [3.63, 3.8) is 0 Å². The van der Waals surface area contributed by atoms with Crippen molar-refractivity contribution in [1.82, 2.24) is 5.32 Å². The van der Waals surface area contributed by atoms with Crippen molar-refractivity contribution >= 4 is 40.5 Å². The number of benzene rings is 1. The van der Waals surface area contributed by atoms with Gasteiger partial charge in [-0.05, 0) is 17.7 Å². The maximum atomic E-state index is 12.5. The van der Waals surface area contributed by atoms with Crippen LogP contribution in [-0.4, -0.2) is 39.6 Å². The van der Waals surface area contributed by atoms with E-state index in [1.54, 1.807) is 6.92 Å².